The third kappa shape index (κ3) is 9.83. The molecule has 0 saturated carbocycles. The number of carbonyl (C=O) groups excluding carboxylic acids is 2. The number of alkyl carbamates (subject to hydrolysis) is 2. The quantitative estimate of drug-likeness (QED) is 0.355. The molecule has 5 N–H and O–H groups in total. The van der Waals surface area contributed by atoms with Gasteiger partial charge in [-0.3, -0.25) is 15.6 Å². The van der Waals surface area contributed by atoms with Crippen molar-refractivity contribution in [3.63, 3.8) is 0 Å². The monoisotopic (exact) mass is 275 g/mol. The highest BCUT2D eigenvalue weighted by Crippen LogP contribution is 1.88. The lowest BCUT2D eigenvalue weighted by molar-refractivity contribution is -0.368. The Morgan fingerprint density at radius 3 is 2.00 bits per heavy atom. The predicted molar refractivity (Wildman–Crippen MR) is 69.6 cm³/mol. The van der Waals surface area contributed by atoms with Gasteiger partial charge in [-0.2, -0.15) is 0 Å². The van der Waals surface area contributed by atoms with Crippen LogP contribution in [0, 0.1) is 0 Å². The molecule has 19 heavy (non-hydrogen) atoms. The lowest BCUT2D eigenvalue weighted by atomic mass is 10.3. The van der Waals surface area contributed by atoms with Gasteiger partial charge in [0.15, 0.2) is 0 Å². The highest BCUT2D eigenvalue weighted by molar-refractivity contribution is 6.01. The fourth-order valence-corrected chi connectivity index (χ4v) is 1.12. The molecule has 0 aliphatic carbocycles. The normalized spacial score (nSPS) is 9.42. The summed E-state index contributed by atoms with van der Waals surface area (Å²) in [5, 5.41) is 4.69. The fraction of sp³-hybridized carbons (Fsp3) is 0.727. The van der Waals surface area contributed by atoms with E-state index in [-0.39, 0.29) is 19.2 Å². The van der Waals surface area contributed by atoms with E-state index in [1.807, 2.05) is 0 Å². The number of rotatable bonds is 6. The highest BCUT2D eigenvalue weighted by atomic mass is 16.6. The first-order chi connectivity index (χ1) is 9.13. The molecule has 0 aromatic heterocycles. The van der Waals surface area contributed by atoms with Crippen molar-refractivity contribution in [2.75, 3.05) is 26.3 Å². The lowest BCUT2D eigenvalue weighted by Gasteiger charge is -2.10. The number of ether oxygens (including phenoxy) is 2. The van der Waals surface area contributed by atoms with E-state index in [9.17, 15) is 9.59 Å². The fourth-order valence-electron chi connectivity index (χ4n) is 1.12. The summed E-state index contributed by atoms with van der Waals surface area (Å²) < 4.78 is 9.42. The summed E-state index contributed by atoms with van der Waals surface area (Å²) in [6, 6.07) is 0. The number of unbranched alkanes of at least 4 members (excludes halogenated alkanes) is 1. The molecule has 0 spiro atoms. The molecule has 8 heteroatoms. The second-order valence-electron chi connectivity index (χ2n) is 3.48. The lowest BCUT2D eigenvalue weighted by Crippen LogP contribution is -2.50. The summed E-state index contributed by atoms with van der Waals surface area (Å²) in [4.78, 5) is 26.6. The van der Waals surface area contributed by atoms with Crippen LogP contribution in [0.1, 0.15) is 26.7 Å². The number of amides is 2. The van der Waals surface area contributed by atoms with Crippen LogP contribution < -0.4 is 16.4 Å². The summed E-state index contributed by atoms with van der Waals surface area (Å²) in [7, 11) is 0. The maximum absolute atomic E-state index is 11.3. The van der Waals surface area contributed by atoms with Crippen molar-refractivity contribution in [1.82, 2.24) is 10.6 Å². The molecule has 0 atom stereocenters. The number of hydrogen-bond acceptors (Lipinski definition) is 5. The van der Waals surface area contributed by atoms with Crippen LogP contribution in [-0.2, 0) is 9.47 Å². The maximum atomic E-state index is 11.3. The molecule has 0 saturated heterocycles. The first kappa shape index (κ1) is 17.2. The Labute approximate surface area is 112 Å². The van der Waals surface area contributed by atoms with Crippen molar-refractivity contribution in [3.8, 4) is 0 Å². The highest BCUT2D eigenvalue weighted by Gasteiger charge is 2.10. The van der Waals surface area contributed by atoms with Crippen LogP contribution in [-0.4, -0.2) is 44.4 Å². The number of nitrogens with zero attached hydrogens (tertiary/aromatic N) is 1. The van der Waals surface area contributed by atoms with Gasteiger partial charge in [0.2, 0.25) is 5.96 Å². The summed E-state index contributed by atoms with van der Waals surface area (Å²) in [5.41, 5.74) is 3.72. The zero-order valence-corrected chi connectivity index (χ0v) is 11.5. The van der Waals surface area contributed by atoms with Gasteiger partial charge in [-0.25, -0.2) is 9.59 Å². The standard InChI is InChI=1S/C11H22N4O4/c1-3-18-10(16)14-9(13-8-6-5-7-12)15-11(17)19-4-2/h3-8,12H2,1-2H3,(H2,13,14,15,16,17)/p+1. The summed E-state index contributed by atoms with van der Waals surface area (Å²) in [6.45, 7) is 5.14. The van der Waals surface area contributed by atoms with E-state index in [2.05, 4.69) is 21.4 Å². The van der Waals surface area contributed by atoms with Gasteiger partial charge in [-0.05, 0) is 26.7 Å². The van der Waals surface area contributed by atoms with E-state index < -0.39 is 12.2 Å². The average molecular weight is 275 g/mol. The molecule has 0 bridgehead atoms. The minimum absolute atomic E-state index is 0.0287. The Morgan fingerprint density at radius 2 is 1.58 bits per heavy atom. The molecule has 0 radical (unpaired) electrons. The van der Waals surface area contributed by atoms with Crippen LogP contribution in [0.15, 0.2) is 4.99 Å². The summed E-state index contributed by atoms with van der Waals surface area (Å²) in [6.07, 6.45) is 0.405. The predicted octanol–water partition coefficient (Wildman–Crippen LogP) is -0.143. The van der Waals surface area contributed by atoms with Crippen molar-refractivity contribution in [2.24, 2.45) is 4.99 Å². The molecule has 0 aromatic carbocycles. The third-order valence-corrected chi connectivity index (χ3v) is 1.92. The van der Waals surface area contributed by atoms with Crippen LogP contribution in [0.2, 0.25) is 0 Å². The van der Waals surface area contributed by atoms with Crippen molar-refractivity contribution in [2.45, 2.75) is 26.7 Å². The van der Waals surface area contributed by atoms with Gasteiger partial charge in [0.1, 0.15) is 0 Å². The van der Waals surface area contributed by atoms with E-state index in [1.165, 1.54) is 0 Å². The largest absolute Gasteiger partial charge is 0.450 e. The van der Waals surface area contributed by atoms with Crippen molar-refractivity contribution < 1.29 is 24.8 Å². The average Bonchev–Trinajstić information content (AvgIpc) is 2.35. The van der Waals surface area contributed by atoms with E-state index >= 15 is 0 Å². The maximum Gasteiger partial charge on any atom is 0.413 e. The second-order valence-corrected chi connectivity index (χ2v) is 3.48. The summed E-state index contributed by atoms with van der Waals surface area (Å²) >= 11 is 0. The Hall–Kier alpha value is -1.83. The Bertz CT molecular complexity index is 285. The first-order valence-electron chi connectivity index (χ1n) is 6.35. The van der Waals surface area contributed by atoms with Crippen LogP contribution >= 0.6 is 0 Å². The van der Waals surface area contributed by atoms with Crippen LogP contribution in [0.5, 0.6) is 0 Å². The van der Waals surface area contributed by atoms with E-state index in [0.717, 1.165) is 19.4 Å². The number of guanidine groups is 1. The minimum Gasteiger partial charge on any atom is -0.450 e. The zero-order valence-electron chi connectivity index (χ0n) is 11.5. The number of quaternary nitrogens is 1. The van der Waals surface area contributed by atoms with Gasteiger partial charge in [-0.15, -0.1) is 0 Å². The van der Waals surface area contributed by atoms with Gasteiger partial charge in [0.25, 0.3) is 0 Å². The molecule has 0 aromatic rings. The second kappa shape index (κ2) is 11.3. The van der Waals surface area contributed by atoms with Gasteiger partial charge < -0.3 is 15.2 Å². The molecule has 8 nitrogen and oxygen atoms in total. The Balaban J connectivity index is 4.36. The molecule has 2 amide bonds. The van der Waals surface area contributed by atoms with E-state index in [0.29, 0.717) is 6.54 Å². The van der Waals surface area contributed by atoms with Crippen LogP contribution in [0.4, 0.5) is 9.59 Å². The Morgan fingerprint density at radius 1 is 1.05 bits per heavy atom. The molecule has 0 fully saturated rings. The number of nitrogens with one attached hydrogen (secondary N) is 2. The van der Waals surface area contributed by atoms with Gasteiger partial charge in [0, 0.05) is 6.54 Å². The van der Waals surface area contributed by atoms with E-state index in [4.69, 9.17) is 9.47 Å². The van der Waals surface area contributed by atoms with Crippen LogP contribution in [0.3, 0.4) is 0 Å². The van der Waals surface area contributed by atoms with Crippen molar-refractivity contribution in [1.29, 1.82) is 0 Å². The van der Waals surface area contributed by atoms with Crippen molar-refractivity contribution >= 4 is 18.1 Å². The molecule has 0 unspecified atom stereocenters. The molecular weight excluding hydrogens is 252 g/mol. The topological polar surface area (TPSA) is 117 Å². The third-order valence-electron chi connectivity index (χ3n) is 1.92. The summed E-state index contributed by atoms with van der Waals surface area (Å²) in [5.74, 6) is 0.0287. The number of hydrogen-bond donors (Lipinski definition) is 3. The molecular formula is C11H23N4O4+. The number of carbonyl (C=O) groups is 2. The van der Waals surface area contributed by atoms with E-state index in [1.54, 1.807) is 13.8 Å². The number of aliphatic imine (C=N–C) groups is 1. The molecule has 0 aliphatic rings. The zero-order chi connectivity index (χ0) is 14.5. The molecule has 0 heterocycles. The Kier molecular flexibility index (Phi) is 10.2. The molecule has 0 aliphatic heterocycles. The first-order valence-corrected chi connectivity index (χ1v) is 6.35. The van der Waals surface area contributed by atoms with Crippen LogP contribution in [0.25, 0.3) is 0 Å². The van der Waals surface area contributed by atoms with Gasteiger partial charge in [0.05, 0.1) is 19.8 Å². The molecule has 110 valence electrons. The van der Waals surface area contributed by atoms with Crippen molar-refractivity contribution in [3.05, 3.63) is 0 Å². The van der Waals surface area contributed by atoms with Gasteiger partial charge in [-0.1, -0.05) is 0 Å². The molecule has 0 rings (SSSR count). The smallest absolute Gasteiger partial charge is 0.413 e. The minimum atomic E-state index is -0.671. The van der Waals surface area contributed by atoms with Gasteiger partial charge >= 0.3 is 12.2 Å². The SMILES string of the molecule is CCOC(=O)NC(=NCCCC[NH3+])NC(=O)OCC.